The van der Waals surface area contributed by atoms with Gasteiger partial charge in [0.25, 0.3) is 5.69 Å². The van der Waals surface area contributed by atoms with E-state index >= 15 is 0 Å². The third kappa shape index (κ3) is 7.26. The minimum atomic E-state index is -1.09. The van der Waals surface area contributed by atoms with Crippen LogP contribution in [-0.4, -0.2) is 75.3 Å². The van der Waals surface area contributed by atoms with Gasteiger partial charge in [0.2, 0.25) is 0 Å². The first-order chi connectivity index (χ1) is 17.1. The van der Waals surface area contributed by atoms with Crippen molar-refractivity contribution in [3.8, 4) is 0 Å². The number of nitro groups is 1. The molecule has 0 radical (unpaired) electrons. The van der Waals surface area contributed by atoms with Gasteiger partial charge in [0.15, 0.2) is 5.84 Å². The number of nitrogens with zero attached hydrogens (tertiary/aromatic N) is 3. The highest BCUT2D eigenvalue weighted by molar-refractivity contribution is 5.97. The molecule has 2 aliphatic heterocycles. The molecule has 3 rings (SSSR count). The van der Waals surface area contributed by atoms with Gasteiger partial charge in [-0.15, -0.1) is 0 Å². The average Bonchev–Trinajstić information content (AvgIpc) is 3.61. The van der Waals surface area contributed by atoms with Crippen LogP contribution >= 0.6 is 0 Å². The minimum absolute atomic E-state index is 0.00325. The Morgan fingerprint density at radius 1 is 1.31 bits per heavy atom. The predicted molar refractivity (Wildman–Crippen MR) is 132 cm³/mol. The molecule has 2 saturated heterocycles. The monoisotopic (exact) mass is 503 g/mol. The number of anilines is 1. The summed E-state index contributed by atoms with van der Waals surface area (Å²) in [5.41, 5.74) is 3.91. The molecule has 0 unspecified atom stereocenters. The van der Waals surface area contributed by atoms with Gasteiger partial charge >= 0.3 is 0 Å². The summed E-state index contributed by atoms with van der Waals surface area (Å²) in [5, 5.41) is 53.1. The third-order valence-electron chi connectivity index (χ3n) is 6.62. The van der Waals surface area contributed by atoms with Crippen LogP contribution in [-0.2, 0) is 9.47 Å². The number of aliphatic hydroxyl groups is 3. The lowest BCUT2D eigenvalue weighted by atomic mass is 9.85. The van der Waals surface area contributed by atoms with Gasteiger partial charge in [-0.2, -0.15) is 10.1 Å². The van der Waals surface area contributed by atoms with E-state index in [2.05, 4.69) is 15.5 Å². The second-order valence-electron chi connectivity index (χ2n) is 9.39. The number of rotatable bonds is 10. The smallest absolute Gasteiger partial charge is 0.269 e. The molecule has 36 heavy (non-hydrogen) atoms. The van der Waals surface area contributed by atoms with Crippen LogP contribution in [0, 0.1) is 27.4 Å². The van der Waals surface area contributed by atoms with Gasteiger partial charge in [-0.05, 0) is 44.9 Å². The highest BCUT2D eigenvalue weighted by atomic mass is 16.6. The van der Waals surface area contributed by atoms with Gasteiger partial charge in [0.05, 0.1) is 53.7 Å². The molecule has 5 N–H and O–H groups in total. The van der Waals surface area contributed by atoms with Gasteiger partial charge in [0, 0.05) is 24.0 Å². The lowest BCUT2D eigenvalue weighted by molar-refractivity contribution is -0.384. The first-order valence-corrected chi connectivity index (χ1v) is 11.8. The molecule has 0 saturated carbocycles. The maximum absolute atomic E-state index is 10.8. The fourth-order valence-electron chi connectivity index (χ4n) is 4.23. The van der Waals surface area contributed by atoms with E-state index in [1.54, 1.807) is 19.9 Å². The van der Waals surface area contributed by atoms with E-state index < -0.39 is 29.3 Å². The van der Waals surface area contributed by atoms with E-state index in [0.29, 0.717) is 18.5 Å². The molecular formula is C24H33N5O7. The Labute approximate surface area is 209 Å². The van der Waals surface area contributed by atoms with Crippen LogP contribution in [0.3, 0.4) is 0 Å². The molecule has 0 aromatic heterocycles. The molecule has 1 aromatic rings. The van der Waals surface area contributed by atoms with Gasteiger partial charge in [-0.1, -0.05) is 12.5 Å². The number of aliphatic hydroxyl groups excluding tert-OH is 3. The van der Waals surface area contributed by atoms with Crippen molar-refractivity contribution >= 4 is 23.2 Å². The number of epoxide rings is 1. The van der Waals surface area contributed by atoms with Crippen molar-refractivity contribution in [2.45, 2.75) is 70.2 Å². The van der Waals surface area contributed by atoms with Crippen molar-refractivity contribution in [2.24, 2.45) is 21.9 Å². The molecule has 2 aliphatic rings. The number of nitrogens with one attached hydrogen (secondary N) is 2. The lowest BCUT2D eigenvalue weighted by Crippen LogP contribution is -2.50. The van der Waals surface area contributed by atoms with E-state index in [1.807, 2.05) is 12.9 Å². The van der Waals surface area contributed by atoms with Crippen LogP contribution in [0.5, 0.6) is 0 Å². The Bertz CT molecular complexity index is 1020. The summed E-state index contributed by atoms with van der Waals surface area (Å²) in [7, 11) is 0. The summed E-state index contributed by atoms with van der Waals surface area (Å²) in [6.07, 6.45) is -0.859. The van der Waals surface area contributed by atoms with Crippen LogP contribution in [0.4, 0.5) is 11.4 Å². The molecule has 2 heterocycles. The zero-order valence-corrected chi connectivity index (χ0v) is 20.4. The van der Waals surface area contributed by atoms with Gasteiger partial charge in [-0.3, -0.25) is 15.5 Å². The summed E-state index contributed by atoms with van der Waals surface area (Å²) in [6.45, 7) is 5.70. The highest BCUT2D eigenvalue weighted by Gasteiger charge is 2.48. The first-order valence-electron chi connectivity index (χ1n) is 11.8. The fraction of sp³-hybridized carbons (Fsp3) is 0.583. The first kappa shape index (κ1) is 27.6. The number of aliphatic imine (C=N–C) groups is 1. The average molecular weight is 504 g/mol. The third-order valence-corrected chi connectivity index (χ3v) is 6.62. The normalized spacial score (nSPS) is 30.2. The lowest BCUT2D eigenvalue weighted by Gasteiger charge is -2.38. The molecule has 0 amide bonds. The van der Waals surface area contributed by atoms with E-state index in [9.17, 15) is 25.4 Å². The van der Waals surface area contributed by atoms with Crippen molar-refractivity contribution in [2.75, 3.05) is 12.0 Å². The van der Waals surface area contributed by atoms with E-state index in [-0.39, 0.29) is 42.2 Å². The number of benzene rings is 1. The standard InChI is InChI=1S/C24H33N5O7/c1-13(9-21(26-12-25)28-27-17-4-6-18(7-5-17)29(33)34)8-19-23(32)22(31)16(11-35-19)10-20-24(36-20)14(2)15(3)30/h4-7,9,14-16,19-20,22-25,27,30-32H,8,10-11H2,1-3H3/b13-9+,28-21-/t14-,15-,16-,19-,20-,22+,23-,24-/m0/s1. The molecule has 12 nitrogen and oxygen atoms in total. The number of hydrogen-bond acceptors (Lipinski definition) is 10. The van der Waals surface area contributed by atoms with E-state index in [0.717, 1.165) is 5.57 Å². The van der Waals surface area contributed by atoms with Crippen LogP contribution in [0.2, 0.25) is 0 Å². The predicted octanol–water partition coefficient (Wildman–Crippen LogP) is 2.32. The van der Waals surface area contributed by atoms with Crippen LogP contribution in [0.15, 0.2) is 46.0 Å². The SMILES string of the molecule is C/C(=C\C(N=C=N)=N\Nc1ccc([N+](=O)[O-])cc1)C[C@@H]1OC[C@H](C[C@@H]2O[C@H]2[C@@H](C)[C@H](C)O)[C@@H](O)[C@H]1O. The number of ether oxygens (including phenoxy) is 2. The maximum Gasteiger partial charge on any atom is 0.269 e. The topological polar surface area (TPSA) is 186 Å². The van der Waals surface area contributed by atoms with E-state index in [1.165, 1.54) is 24.3 Å². The number of hydrogen-bond donors (Lipinski definition) is 5. The quantitative estimate of drug-likeness (QED) is 0.106. The Balaban J connectivity index is 1.56. The fourth-order valence-corrected chi connectivity index (χ4v) is 4.23. The van der Waals surface area contributed by atoms with Crippen molar-refractivity contribution in [3.63, 3.8) is 0 Å². The van der Waals surface area contributed by atoms with Gasteiger partial charge < -0.3 is 24.8 Å². The highest BCUT2D eigenvalue weighted by Crippen LogP contribution is 2.38. The molecule has 12 heteroatoms. The Kier molecular flexibility index (Phi) is 9.43. The van der Waals surface area contributed by atoms with Crippen molar-refractivity contribution < 1.29 is 29.7 Å². The van der Waals surface area contributed by atoms with Crippen molar-refractivity contribution in [1.29, 1.82) is 5.41 Å². The van der Waals surface area contributed by atoms with Crippen LogP contribution in [0.25, 0.3) is 0 Å². The summed E-state index contributed by atoms with van der Waals surface area (Å²) in [6, 6.07) is 7.58. The second-order valence-corrected chi connectivity index (χ2v) is 9.39. The Hall–Kier alpha value is -2.99. The Morgan fingerprint density at radius 3 is 2.61 bits per heavy atom. The summed E-state index contributed by atoms with van der Waals surface area (Å²) in [5.74, 6) is -0.146. The van der Waals surface area contributed by atoms with Crippen LogP contribution < -0.4 is 5.43 Å². The zero-order chi connectivity index (χ0) is 26.4. The largest absolute Gasteiger partial charge is 0.393 e. The zero-order valence-electron chi connectivity index (χ0n) is 20.4. The number of non-ortho nitro benzene ring substituents is 1. The number of hydrazone groups is 1. The summed E-state index contributed by atoms with van der Waals surface area (Å²) in [4.78, 5) is 14.0. The van der Waals surface area contributed by atoms with Gasteiger partial charge in [-0.25, -0.2) is 5.41 Å². The van der Waals surface area contributed by atoms with E-state index in [4.69, 9.17) is 14.9 Å². The molecule has 196 valence electrons. The van der Waals surface area contributed by atoms with Crippen molar-refractivity contribution in [3.05, 3.63) is 46.0 Å². The summed E-state index contributed by atoms with van der Waals surface area (Å²) < 4.78 is 11.5. The molecule has 0 spiro atoms. The summed E-state index contributed by atoms with van der Waals surface area (Å²) >= 11 is 0. The maximum atomic E-state index is 10.8. The molecule has 2 fully saturated rings. The second kappa shape index (κ2) is 12.3. The molecule has 1 aromatic carbocycles. The molecule has 0 bridgehead atoms. The number of amidine groups is 1. The van der Waals surface area contributed by atoms with Gasteiger partial charge in [0.1, 0.15) is 6.10 Å². The molecular weight excluding hydrogens is 470 g/mol. The molecule has 8 atom stereocenters. The minimum Gasteiger partial charge on any atom is -0.393 e. The van der Waals surface area contributed by atoms with Crippen LogP contribution in [0.1, 0.15) is 33.6 Å². The number of nitro benzene ring substituents is 1. The molecule has 0 aliphatic carbocycles. The Morgan fingerprint density at radius 2 is 2.00 bits per heavy atom. The van der Waals surface area contributed by atoms with Crippen molar-refractivity contribution in [1.82, 2.24) is 0 Å².